The summed E-state index contributed by atoms with van der Waals surface area (Å²) in [5.74, 6) is 0. The third-order valence-electron chi connectivity index (χ3n) is 0. The Kier molecular flexibility index (Phi) is 225. The van der Waals surface area contributed by atoms with Crippen LogP contribution in [0.2, 0.25) is 0 Å². The Morgan fingerprint density at radius 1 is 0.600 bits per heavy atom. The molecule has 0 aliphatic carbocycles. The average molecular weight is 169 g/mol. The molecule has 0 unspecified atom stereocenters. The minimum atomic E-state index is 0. The first-order valence-electron chi connectivity index (χ1n) is 0. The molecule has 0 aromatic heterocycles. The van der Waals surface area contributed by atoms with Crippen molar-refractivity contribution in [3.63, 3.8) is 0 Å². The molecule has 5 heteroatoms. The Labute approximate surface area is 101 Å². The van der Waals surface area contributed by atoms with E-state index in [-0.39, 0.29) is 103 Å². The third-order valence-corrected chi connectivity index (χ3v) is 0. The van der Waals surface area contributed by atoms with Gasteiger partial charge in [0.05, 0.1) is 0 Å². The number of hydrogen-bond acceptors (Lipinski definition) is 0. The first-order valence-corrected chi connectivity index (χ1v) is 0. The quantitative estimate of drug-likeness (QED) is 0.316. The van der Waals surface area contributed by atoms with Crippen LogP contribution in [0.1, 0.15) is 0 Å². The summed E-state index contributed by atoms with van der Waals surface area (Å²) < 4.78 is 0. The van der Waals surface area contributed by atoms with E-state index in [4.69, 9.17) is 0 Å². The standard InChI is InChI=1S/2Na.Ni.2S/q2*+1;+2;2*-2. The van der Waals surface area contributed by atoms with Crippen molar-refractivity contribution in [2.75, 3.05) is 0 Å². The summed E-state index contributed by atoms with van der Waals surface area (Å²) in [4.78, 5) is 0. The Bertz CT molecular complexity index is 7.61. The zero-order chi connectivity index (χ0) is 0. The molecular formula is Na2NiS2. The molecular weight excluding hydrogens is 169 g/mol. The Balaban J connectivity index is 0. The predicted molar refractivity (Wildman–Crippen MR) is 14.7 cm³/mol. The van der Waals surface area contributed by atoms with Gasteiger partial charge < -0.3 is 27.0 Å². The van der Waals surface area contributed by atoms with Crippen LogP contribution in [0.5, 0.6) is 0 Å². The van der Waals surface area contributed by atoms with Crippen LogP contribution in [-0.2, 0) is 43.5 Å². The van der Waals surface area contributed by atoms with E-state index in [1.807, 2.05) is 0 Å². The van der Waals surface area contributed by atoms with Gasteiger partial charge in [0.25, 0.3) is 0 Å². The van der Waals surface area contributed by atoms with E-state index in [0.29, 0.717) is 0 Å². The van der Waals surface area contributed by atoms with E-state index in [0.717, 1.165) is 0 Å². The zero-order valence-electron chi connectivity index (χ0n) is 3.13. The molecule has 0 saturated heterocycles. The summed E-state index contributed by atoms with van der Waals surface area (Å²) in [7, 11) is 0. The largest absolute Gasteiger partial charge is 2.00 e. The van der Waals surface area contributed by atoms with Crippen molar-refractivity contribution in [2.24, 2.45) is 0 Å². The van der Waals surface area contributed by atoms with Gasteiger partial charge in [-0.05, 0) is 0 Å². The molecule has 0 aliphatic rings. The number of rotatable bonds is 0. The van der Waals surface area contributed by atoms with Crippen LogP contribution >= 0.6 is 0 Å². The SMILES string of the molecule is [Na+].[Na+].[Ni+2].[S-2].[S-2]. The molecule has 0 atom stereocenters. The normalized spacial score (nSPS) is 0. The first-order chi connectivity index (χ1) is 0. The molecule has 0 spiro atoms. The van der Waals surface area contributed by atoms with E-state index in [1.165, 1.54) is 0 Å². The van der Waals surface area contributed by atoms with Crippen LogP contribution in [0, 0.1) is 0 Å². The maximum absolute atomic E-state index is 0. The van der Waals surface area contributed by atoms with Gasteiger partial charge in [0, 0.05) is 0 Å². The predicted octanol–water partition coefficient (Wildman–Crippen LogP) is -6.00. The van der Waals surface area contributed by atoms with Gasteiger partial charge in [0.15, 0.2) is 0 Å². The minimum absolute atomic E-state index is 0. The molecule has 0 aromatic carbocycles. The Morgan fingerprint density at radius 3 is 0.600 bits per heavy atom. The van der Waals surface area contributed by atoms with Crippen molar-refractivity contribution in [3.05, 3.63) is 0 Å². The molecule has 0 heterocycles. The molecule has 0 bridgehead atoms. The van der Waals surface area contributed by atoms with Gasteiger partial charge in [-0.1, -0.05) is 0 Å². The minimum Gasteiger partial charge on any atom is -2.00 e. The molecule has 0 nitrogen and oxygen atoms in total. The van der Waals surface area contributed by atoms with Gasteiger partial charge in [-0.25, -0.2) is 0 Å². The van der Waals surface area contributed by atoms with Gasteiger partial charge in [0.1, 0.15) is 0 Å². The van der Waals surface area contributed by atoms with Crippen LogP contribution in [0.3, 0.4) is 0 Å². The van der Waals surface area contributed by atoms with E-state index < -0.39 is 0 Å². The molecule has 0 rings (SSSR count). The van der Waals surface area contributed by atoms with Crippen LogP contribution in [0.25, 0.3) is 0 Å². The fourth-order valence-corrected chi connectivity index (χ4v) is 0. The maximum Gasteiger partial charge on any atom is 2.00 e. The van der Waals surface area contributed by atoms with Crippen molar-refractivity contribution in [2.45, 2.75) is 0 Å². The smallest absolute Gasteiger partial charge is 2.00 e. The molecule has 0 amide bonds. The van der Waals surface area contributed by atoms with E-state index in [1.54, 1.807) is 0 Å². The summed E-state index contributed by atoms with van der Waals surface area (Å²) in [6, 6.07) is 0. The molecule has 5 heavy (non-hydrogen) atoms. The molecule has 0 aromatic rings. The molecule has 0 aliphatic heterocycles. The summed E-state index contributed by atoms with van der Waals surface area (Å²) in [6.45, 7) is 0. The van der Waals surface area contributed by atoms with Crippen molar-refractivity contribution < 1.29 is 75.6 Å². The molecule has 24 valence electrons. The van der Waals surface area contributed by atoms with Crippen LogP contribution in [-0.4, -0.2) is 0 Å². The summed E-state index contributed by atoms with van der Waals surface area (Å²) in [6.07, 6.45) is 0. The molecule has 0 fully saturated rings. The van der Waals surface area contributed by atoms with Gasteiger partial charge in [-0.2, -0.15) is 0 Å². The van der Waals surface area contributed by atoms with Crippen LogP contribution < -0.4 is 59.1 Å². The van der Waals surface area contributed by atoms with Crippen LogP contribution in [0.4, 0.5) is 0 Å². The number of hydrogen-bond donors (Lipinski definition) is 0. The molecule has 0 N–H and O–H groups in total. The van der Waals surface area contributed by atoms with E-state index in [9.17, 15) is 0 Å². The van der Waals surface area contributed by atoms with Gasteiger partial charge in [-0.3, -0.25) is 0 Å². The van der Waals surface area contributed by atoms with Gasteiger partial charge >= 0.3 is 75.6 Å². The molecule has 0 radical (unpaired) electrons. The zero-order valence-corrected chi connectivity index (χ0v) is 9.75. The second-order valence-electron chi connectivity index (χ2n) is 0. The van der Waals surface area contributed by atoms with Gasteiger partial charge in [-0.15, -0.1) is 0 Å². The summed E-state index contributed by atoms with van der Waals surface area (Å²) in [5.41, 5.74) is 0. The first kappa shape index (κ1) is 41.6. The van der Waals surface area contributed by atoms with E-state index in [2.05, 4.69) is 0 Å². The fourth-order valence-electron chi connectivity index (χ4n) is 0. The topological polar surface area (TPSA) is 0 Å². The van der Waals surface area contributed by atoms with Crippen molar-refractivity contribution in [3.8, 4) is 0 Å². The van der Waals surface area contributed by atoms with Crippen LogP contribution in [0.15, 0.2) is 0 Å². The fraction of sp³-hybridized carbons (Fsp3) is 0. The third kappa shape index (κ3) is 19.0. The summed E-state index contributed by atoms with van der Waals surface area (Å²) in [5, 5.41) is 0. The second-order valence-corrected chi connectivity index (χ2v) is 0. The Hall–Kier alpha value is 3.19. The van der Waals surface area contributed by atoms with Gasteiger partial charge in [0.2, 0.25) is 0 Å². The van der Waals surface area contributed by atoms with Crippen molar-refractivity contribution in [1.82, 2.24) is 0 Å². The summed E-state index contributed by atoms with van der Waals surface area (Å²) >= 11 is 0. The average Bonchev–Trinajstić information content (AvgIpc) is 0. The monoisotopic (exact) mass is 168 g/mol. The molecule has 0 saturated carbocycles. The van der Waals surface area contributed by atoms with Crippen molar-refractivity contribution >= 4 is 27.0 Å². The Morgan fingerprint density at radius 2 is 0.600 bits per heavy atom. The van der Waals surface area contributed by atoms with Crippen molar-refractivity contribution in [1.29, 1.82) is 0 Å². The second kappa shape index (κ2) is 27.1. The van der Waals surface area contributed by atoms with E-state index >= 15 is 0 Å². The maximum atomic E-state index is 0.